The zero-order valence-corrected chi connectivity index (χ0v) is 9.91. The van der Waals surface area contributed by atoms with E-state index in [1.807, 2.05) is 0 Å². The van der Waals surface area contributed by atoms with Crippen molar-refractivity contribution in [3.8, 4) is 0 Å². The summed E-state index contributed by atoms with van der Waals surface area (Å²) in [5, 5.41) is 0. The van der Waals surface area contributed by atoms with Gasteiger partial charge in [-0.1, -0.05) is 13.3 Å². The minimum Gasteiger partial charge on any atom is -0.288 e. The van der Waals surface area contributed by atoms with Crippen LogP contribution in [0.4, 0.5) is 0 Å². The van der Waals surface area contributed by atoms with Crippen molar-refractivity contribution in [1.82, 2.24) is 0 Å². The molecule has 0 aliphatic carbocycles. The van der Waals surface area contributed by atoms with E-state index in [-0.39, 0.29) is 5.54 Å². The van der Waals surface area contributed by atoms with Gasteiger partial charge < -0.3 is 0 Å². The Hall–Kier alpha value is 0.0200. The largest absolute Gasteiger partial charge is 0.288 e. The molecule has 0 amide bonds. The molecular weight excluding hydrogens is 178 g/mol. The second-order valence-corrected chi connectivity index (χ2v) is 5.58. The first kappa shape index (κ1) is 11.1. The lowest BCUT2D eigenvalue weighted by Gasteiger charge is -2.22. The first-order chi connectivity index (χ1) is 6.14. The zero-order valence-electron chi connectivity index (χ0n) is 9.10. The Labute approximate surface area is 86.4 Å². The lowest BCUT2D eigenvalue weighted by atomic mass is 9.99. The summed E-state index contributed by atoms with van der Waals surface area (Å²) in [6.45, 7) is 6.75. The van der Waals surface area contributed by atoms with Crippen LogP contribution in [0.15, 0.2) is 4.99 Å². The highest BCUT2D eigenvalue weighted by Crippen LogP contribution is 2.21. The van der Waals surface area contributed by atoms with Gasteiger partial charge in [-0.2, -0.15) is 11.8 Å². The molecule has 0 spiro atoms. The fraction of sp³-hybridized carbons (Fsp3) is 0.909. The van der Waals surface area contributed by atoms with Crippen LogP contribution < -0.4 is 0 Å². The normalized spacial score (nSPS) is 18.8. The predicted molar refractivity (Wildman–Crippen MR) is 63.0 cm³/mol. The Morgan fingerprint density at radius 3 is 2.46 bits per heavy atom. The van der Waals surface area contributed by atoms with Crippen molar-refractivity contribution in [1.29, 1.82) is 0 Å². The second-order valence-electron chi connectivity index (χ2n) is 4.35. The topological polar surface area (TPSA) is 12.4 Å². The van der Waals surface area contributed by atoms with E-state index in [0.717, 1.165) is 0 Å². The molecule has 0 aromatic rings. The molecule has 1 aliphatic heterocycles. The SMILES string of the molecule is CCCC(C)(C)N=C1CCSCC1. The molecule has 0 bridgehead atoms. The van der Waals surface area contributed by atoms with Crippen molar-refractivity contribution in [2.45, 2.75) is 52.0 Å². The number of thioether (sulfide) groups is 1. The van der Waals surface area contributed by atoms with Crippen molar-refractivity contribution in [2.24, 2.45) is 4.99 Å². The summed E-state index contributed by atoms with van der Waals surface area (Å²) in [7, 11) is 0. The van der Waals surface area contributed by atoms with E-state index in [9.17, 15) is 0 Å². The highest BCUT2D eigenvalue weighted by molar-refractivity contribution is 7.99. The van der Waals surface area contributed by atoms with Gasteiger partial charge in [0.05, 0.1) is 5.54 Å². The molecule has 0 radical (unpaired) electrons. The van der Waals surface area contributed by atoms with Crippen LogP contribution in [0.25, 0.3) is 0 Å². The first-order valence-electron chi connectivity index (χ1n) is 5.29. The Balaban J connectivity index is 2.50. The van der Waals surface area contributed by atoms with Gasteiger partial charge in [-0.15, -0.1) is 0 Å². The highest BCUT2D eigenvalue weighted by atomic mass is 32.2. The fourth-order valence-corrected chi connectivity index (χ4v) is 2.78. The lowest BCUT2D eigenvalue weighted by Crippen LogP contribution is -2.21. The third-order valence-electron chi connectivity index (χ3n) is 2.39. The van der Waals surface area contributed by atoms with Gasteiger partial charge in [0.15, 0.2) is 0 Å². The molecule has 0 aromatic heterocycles. The van der Waals surface area contributed by atoms with Gasteiger partial charge in [0.1, 0.15) is 0 Å². The van der Waals surface area contributed by atoms with E-state index >= 15 is 0 Å². The maximum atomic E-state index is 4.86. The van der Waals surface area contributed by atoms with Crippen LogP contribution in [-0.2, 0) is 0 Å². The molecule has 13 heavy (non-hydrogen) atoms. The van der Waals surface area contributed by atoms with Crippen LogP contribution in [0.3, 0.4) is 0 Å². The van der Waals surface area contributed by atoms with Crippen molar-refractivity contribution in [2.75, 3.05) is 11.5 Å². The number of hydrogen-bond acceptors (Lipinski definition) is 2. The molecule has 1 nitrogen and oxygen atoms in total. The van der Waals surface area contributed by atoms with Gasteiger partial charge in [0.25, 0.3) is 0 Å². The van der Waals surface area contributed by atoms with Crippen LogP contribution in [0.2, 0.25) is 0 Å². The highest BCUT2D eigenvalue weighted by Gasteiger charge is 2.17. The van der Waals surface area contributed by atoms with E-state index in [0.29, 0.717) is 0 Å². The summed E-state index contributed by atoms with van der Waals surface area (Å²) < 4.78 is 0. The Morgan fingerprint density at radius 2 is 1.92 bits per heavy atom. The first-order valence-corrected chi connectivity index (χ1v) is 6.45. The monoisotopic (exact) mass is 199 g/mol. The summed E-state index contributed by atoms with van der Waals surface area (Å²) in [4.78, 5) is 4.86. The number of nitrogens with zero attached hydrogens (tertiary/aromatic N) is 1. The summed E-state index contributed by atoms with van der Waals surface area (Å²) in [5.74, 6) is 2.56. The Morgan fingerprint density at radius 1 is 1.31 bits per heavy atom. The second kappa shape index (κ2) is 5.04. The third-order valence-corrected chi connectivity index (χ3v) is 3.38. The van der Waals surface area contributed by atoms with Gasteiger partial charge in [0, 0.05) is 5.71 Å². The molecule has 1 fully saturated rings. The molecule has 0 unspecified atom stereocenters. The van der Waals surface area contributed by atoms with Crippen LogP contribution in [0, 0.1) is 0 Å². The fourth-order valence-electron chi connectivity index (χ4n) is 1.81. The quantitative estimate of drug-likeness (QED) is 0.677. The molecule has 0 atom stereocenters. The van der Waals surface area contributed by atoms with E-state index in [2.05, 4.69) is 32.5 Å². The molecular formula is C11H21NS. The third kappa shape index (κ3) is 4.17. The summed E-state index contributed by atoms with van der Waals surface area (Å²) >= 11 is 2.06. The standard InChI is InChI=1S/C11H21NS/c1-4-7-11(2,3)12-10-5-8-13-9-6-10/h4-9H2,1-3H3. The number of hydrogen-bond donors (Lipinski definition) is 0. The van der Waals surface area contributed by atoms with Gasteiger partial charge in [0.2, 0.25) is 0 Å². The maximum Gasteiger partial charge on any atom is 0.0551 e. The van der Waals surface area contributed by atoms with E-state index < -0.39 is 0 Å². The molecule has 0 aromatic carbocycles. The van der Waals surface area contributed by atoms with E-state index in [4.69, 9.17) is 4.99 Å². The van der Waals surface area contributed by atoms with E-state index in [1.54, 1.807) is 0 Å². The molecule has 1 rings (SSSR count). The van der Waals surface area contributed by atoms with E-state index in [1.165, 1.54) is 42.9 Å². The predicted octanol–water partition coefficient (Wildman–Crippen LogP) is 3.53. The van der Waals surface area contributed by atoms with Crippen molar-refractivity contribution in [3.05, 3.63) is 0 Å². The van der Waals surface area contributed by atoms with Crippen LogP contribution in [-0.4, -0.2) is 22.8 Å². The number of rotatable bonds is 3. The molecule has 0 saturated carbocycles. The Bertz CT molecular complexity index is 177. The minimum absolute atomic E-state index is 0.187. The average Bonchev–Trinajstić information content (AvgIpc) is 2.04. The van der Waals surface area contributed by atoms with Gasteiger partial charge in [-0.25, -0.2) is 0 Å². The summed E-state index contributed by atoms with van der Waals surface area (Å²) in [6, 6.07) is 0. The molecule has 76 valence electrons. The molecule has 2 heteroatoms. The number of aliphatic imine (C=N–C) groups is 1. The average molecular weight is 199 g/mol. The summed E-state index contributed by atoms with van der Waals surface area (Å²) in [6.07, 6.45) is 4.89. The van der Waals surface area contributed by atoms with Crippen LogP contribution in [0.1, 0.15) is 46.5 Å². The van der Waals surface area contributed by atoms with Crippen molar-refractivity contribution < 1.29 is 0 Å². The molecule has 0 N–H and O–H groups in total. The molecule has 1 saturated heterocycles. The zero-order chi connectivity index (χ0) is 9.73. The molecule has 1 aliphatic rings. The van der Waals surface area contributed by atoms with Gasteiger partial charge >= 0.3 is 0 Å². The van der Waals surface area contributed by atoms with Gasteiger partial charge in [-0.3, -0.25) is 4.99 Å². The summed E-state index contributed by atoms with van der Waals surface area (Å²) in [5.41, 5.74) is 1.64. The lowest BCUT2D eigenvalue weighted by molar-refractivity contribution is 0.472. The Kier molecular flexibility index (Phi) is 4.30. The van der Waals surface area contributed by atoms with Crippen molar-refractivity contribution >= 4 is 17.5 Å². The van der Waals surface area contributed by atoms with Gasteiger partial charge in [-0.05, 0) is 44.6 Å². The maximum absolute atomic E-state index is 4.86. The van der Waals surface area contributed by atoms with Crippen LogP contribution >= 0.6 is 11.8 Å². The van der Waals surface area contributed by atoms with Crippen molar-refractivity contribution in [3.63, 3.8) is 0 Å². The molecule has 1 heterocycles. The van der Waals surface area contributed by atoms with Crippen LogP contribution in [0.5, 0.6) is 0 Å². The minimum atomic E-state index is 0.187. The smallest absolute Gasteiger partial charge is 0.0551 e.